The summed E-state index contributed by atoms with van der Waals surface area (Å²) in [6.45, 7) is 4.40. The summed E-state index contributed by atoms with van der Waals surface area (Å²) in [5, 5.41) is 9.56. The molecule has 1 aromatic heterocycles. The van der Waals surface area contributed by atoms with E-state index >= 15 is 0 Å². The fraction of sp³-hybridized carbons (Fsp3) is 0.250. The lowest BCUT2D eigenvalue weighted by atomic mass is 10.1. The zero-order valence-corrected chi connectivity index (χ0v) is 16.9. The van der Waals surface area contributed by atoms with E-state index in [-0.39, 0.29) is 11.0 Å². The molecule has 0 amide bonds. The van der Waals surface area contributed by atoms with E-state index in [0.29, 0.717) is 22.3 Å². The van der Waals surface area contributed by atoms with Gasteiger partial charge in [0, 0.05) is 23.2 Å². The van der Waals surface area contributed by atoms with Crippen molar-refractivity contribution < 1.29 is 9.53 Å². The summed E-state index contributed by atoms with van der Waals surface area (Å²) >= 11 is 7.33. The molecule has 3 aromatic rings. The number of carbonyl (C=O) groups excluding carboxylic acids is 1. The molecule has 140 valence electrons. The molecule has 5 nitrogen and oxygen atoms in total. The molecule has 1 atom stereocenters. The van der Waals surface area contributed by atoms with Gasteiger partial charge in [-0.3, -0.25) is 4.79 Å². The fourth-order valence-electron chi connectivity index (χ4n) is 2.60. The van der Waals surface area contributed by atoms with Crippen LogP contribution in [-0.4, -0.2) is 32.4 Å². The van der Waals surface area contributed by atoms with Gasteiger partial charge in [0.25, 0.3) is 0 Å². The van der Waals surface area contributed by atoms with Gasteiger partial charge in [0.05, 0.1) is 11.9 Å². The molecule has 0 aliphatic carbocycles. The van der Waals surface area contributed by atoms with Crippen LogP contribution in [0.3, 0.4) is 0 Å². The van der Waals surface area contributed by atoms with Crippen molar-refractivity contribution in [2.45, 2.75) is 24.3 Å². The third kappa shape index (κ3) is 4.51. The van der Waals surface area contributed by atoms with Gasteiger partial charge in [0.2, 0.25) is 0 Å². The van der Waals surface area contributed by atoms with Gasteiger partial charge in [-0.15, -0.1) is 10.2 Å². The number of thioether (sulfide) groups is 1. The summed E-state index contributed by atoms with van der Waals surface area (Å²) < 4.78 is 7.30. The van der Waals surface area contributed by atoms with Crippen LogP contribution >= 0.6 is 23.4 Å². The number of rotatable bonds is 7. The Hall–Kier alpha value is -2.31. The molecule has 0 spiro atoms. The monoisotopic (exact) mass is 401 g/mol. The number of Topliss-reactive ketones (excluding diaryl/α,β-unsaturated/α-hetero) is 1. The highest BCUT2D eigenvalue weighted by Gasteiger charge is 2.20. The zero-order valence-electron chi connectivity index (χ0n) is 15.3. The Morgan fingerprint density at radius 3 is 2.44 bits per heavy atom. The topological polar surface area (TPSA) is 57.0 Å². The van der Waals surface area contributed by atoms with Crippen LogP contribution in [0.2, 0.25) is 5.02 Å². The van der Waals surface area contributed by atoms with E-state index in [1.807, 2.05) is 61.9 Å². The first kappa shape index (κ1) is 19.5. The zero-order chi connectivity index (χ0) is 19.4. The van der Waals surface area contributed by atoms with Crippen molar-refractivity contribution in [1.29, 1.82) is 0 Å². The number of nitrogens with zero attached hydrogens (tertiary/aromatic N) is 3. The van der Waals surface area contributed by atoms with Crippen LogP contribution in [0.1, 0.15) is 24.2 Å². The summed E-state index contributed by atoms with van der Waals surface area (Å²) in [5.41, 5.74) is 1.57. The van der Waals surface area contributed by atoms with Crippen LogP contribution in [0.4, 0.5) is 0 Å². The smallest absolute Gasteiger partial charge is 0.191 e. The number of halogens is 1. The molecule has 1 heterocycles. The molecule has 3 rings (SSSR count). The van der Waals surface area contributed by atoms with Gasteiger partial charge >= 0.3 is 0 Å². The summed E-state index contributed by atoms with van der Waals surface area (Å²) in [6.07, 6.45) is 0. The van der Waals surface area contributed by atoms with Crippen LogP contribution in [-0.2, 0) is 7.05 Å². The standard InChI is InChI=1S/C20H20ClN3O2S/c1-4-26-17-11-7-14(8-12-17)18(25)13(2)27-20-23-22-19(24(20)3)15-5-9-16(21)10-6-15/h5-13H,4H2,1-3H3/t13-/m0/s1. The van der Waals surface area contributed by atoms with Gasteiger partial charge in [-0.2, -0.15) is 0 Å². The summed E-state index contributed by atoms with van der Waals surface area (Å²) in [6, 6.07) is 14.6. The molecule has 27 heavy (non-hydrogen) atoms. The van der Waals surface area contributed by atoms with Crippen LogP contribution in [0.5, 0.6) is 5.75 Å². The second kappa shape index (κ2) is 8.59. The number of ether oxygens (including phenoxy) is 1. The molecule has 0 saturated heterocycles. The lowest BCUT2D eigenvalue weighted by Gasteiger charge is -2.11. The first-order valence-corrected chi connectivity index (χ1v) is 9.84. The molecular formula is C20H20ClN3O2S. The second-order valence-electron chi connectivity index (χ2n) is 5.95. The van der Waals surface area contributed by atoms with Crippen LogP contribution in [0, 0.1) is 0 Å². The fourth-order valence-corrected chi connectivity index (χ4v) is 3.61. The van der Waals surface area contributed by atoms with Crippen molar-refractivity contribution in [2.75, 3.05) is 6.61 Å². The molecule has 0 N–H and O–H groups in total. The minimum Gasteiger partial charge on any atom is -0.494 e. The minimum absolute atomic E-state index is 0.0408. The number of ketones is 1. The number of hydrogen-bond acceptors (Lipinski definition) is 5. The van der Waals surface area contributed by atoms with Crippen LogP contribution in [0.25, 0.3) is 11.4 Å². The van der Waals surface area contributed by atoms with Gasteiger partial charge in [-0.25, -0.2) is 0 Å². The molecule has 0 aliphatic heterocycles. The van der Waals surface area contributed by atoms with Gasteiger partial charge in [-0.1, -0.05) is 23.4 Å². The Kier molecular flexibility index (Phi) is 6.19. The number of hydrogen-bond donors (Lipinski definition) is 0. The molecule has 0 radical (unpaired) electrons. The lowest BCUT2D eigenvalue weighted by molar-refractivity contribution is 0.0994. The first-order valence-electron chi connectivity index (χ1n) is 8.58. The van der Waals surface area contributed by atoms with Gasteiger partial charge < -0.3 is 9.30 Å². The Bertz CT molecular complexity index is 923. The van der Waals surface area contributed by atoms with E-state index in [1.165, 1.54) is 11.8 Å². The molecule has 7 heteroatoms. The molecule has 0 bridgehead atoms. The number of carbonyl (C=O) groups is 1. The molecule has 0 unspecified atom stereocenters. The third-order valence-electron chi connectivity index (χ3n) is 4.04. The average molecular weight is 402 g/mol. The SMILES string of the molecule is CCOc1ccc(C(=O)[C@H](C)Sc2nnc(-c3ccc(Cl)cc3)n2C)cc1. The van der Waals surface area contributed by atoms with Crippen LogP contribution < -0.4 is 4.74 Å². The van der Waals surface area contributed by atoms with E-state index in [1.54, 1.807) is 12.1 Å². The lowest BCUT2D eigenvalue weighted by Crippen LogP contribution is -2.14. The van der Waals surface area contributed by atoms with E-state index in [9.17, 15) is 4.79 Å². The highest BCUT2D eigenvalue weighted by Crippen LogP contribution is 2.28. The van der Waals surface area contributed by atoms with Crippen LogP contribution in [0.15, 0.2) is 53.7 Å². The molecule has 2 aromatic carbocycles. The largest absolute Gasteiger partial charge is 0.494 e. The number of benzene rings is 2. The summed E-state index contributed by atoms with van der Waals surface area (Å²) in [5.74, 6) is 1.53. The molecule has 0 fully saturated rings. The van der Waals surface area contributed by atoms with Crippen molar-refractivity contribution in [3.05, 3.63) is 59.1 Å². The normalized spacial score (nSPS) is 12.0. The quantitative estimate of drug-likeness (QED) is 0.416. The maximum Gasteiger partial charge on any atom is 0.191 e. The van der Waals surface area contributed by atoms with E-state index in [2.05, 4.69) is 10.2 Å². The average Bonchev–Trinajstić information content (AvgIpc) is 3.03. The Morgan fingerprint density at radius 2 is 1.81 bits per heavy atom. The van der Waals surface area contributed by atoms with E-state index in [0.717, 1.165) is 17.1 Å². The Morgan fingerprint density at radius 1 is 1.15 bits per heavy atom. The minimum atomic E-state index is -0.288. The van der Waals surface area contributed by atoms with Gasteiger partial charge in [0.1, 0.15) is 5.75 Å². The third-order valence-corrected chi connectivity index (χ3v) is 5.42. The Labute approximate surface area is 167 Å². The van der Waals surface area contributed by atoms with Gasteiger partial charge in [-0.05, 0) is 62.4 Å². The van der Waals surface area contributed by atoms with Crippen molar-refractivity contribution in [3.63, 3.8) is 0 Å². The van der Waals surface area contributed by atoms with E-state index in [4.69, 9.17) is 16.3 Å². The Balaban J connectivity index is 1.73. The predicted octanol–water partition coefficient (Wildman–Crippen LogP) is 4.90. The maximum atomic E-state index is 12.7. The van der Waals surface area contributed by atoms with Gasteiger partial charge in [0.15, 0.2) is 16.8 Å². The van der Waals surface area contributed by atoms with E-state index < -0.39 is 0 Å². The molecular weight excluding hydrogens is 382 g/mol. The van der Waals surface area contributed by atoms with Crippen molar-refractivity contribution >= 4 is 29.1 Å². The van der Waals surface area contributed by atoms with Crippen molar-refractivity contribution in [3.8, 4) is 17.1 Å². The molecule has 0 aliphatic rings. The van der Waals surface area contributed by atoms with Crippen molar-refractivity contribution in [2.24, 2.45) is 7.05 Å². The highest BCUT2D eigenvalue weighted by molar-refractivity contribution is 8.00. The number of aromatic nitrogens is 3. The highest BCUT2D eigenvalue weighted by atomic mass is 35.5. The maximum absolute atomic E-state index is 12.7. The second-order valence-corrected chi connectivity index (χ2v) is 7.70. The predicted molar refractivity (Wildman–Crippen MR) is 109 cm³/mol. The first-order chi connectivity index (χ1) is 13.0. The summed E-state index contributed by atoms with van der Waals surface area (Å²) in [7, 11) is 1.89. The van der Waals surface area contributed by atoms with Crippen molar-refractivity contribution in [1.82, 2.24) is 14.8 Å². The molecule has 0 saturated carbocycles. The summed E-state index contributed by atoms with van der Waals surface area (Å²) in [4.78, 5) is 12.7.